The van der Waals surface area contributed by atoms with Gasteiger partial charge in [0.05, 0.1) is 18.6 Å². The van der Waals surface area contributed by atoms with Crippen LogP contribution in [0.3, 0.4) is 0 Å². The summed E-state index contributed by atoms with van der Waals surface area (Å²) in [5, 5.41) is 0. The molecule has 0 bridgehead atoms. The summed E-state index contributed by atoms with van der Waals surface area (Å²) in [6, 6.07) is 7.25. The van der Waals surface area contributed by atoms with E-state index < -0.39 is 0 Å². The van der Waals surface area contributed by atoms with Crippen molar-refractivity contribution in [1.29, 1.82) is 0 Å². The smallest absolute Gasteiger partial charge is 0.253 e. The van der Waals surface area contributed by atoms with Crippen LogP contribution in [0, 0.1) is 0 Å². The van der Waals surface area contributed by atoms with Gasteiger partial charge in [-0.15, -0.1) is 0 Å². The van der Waals surface area contributed by atoms with Crippen LogP contribution in [0.1, 0.15) is 46.8 Å². The third kappa shape index (κ3) is 3.29. The first-order chi connectivity index (χ1) is 12.2. The summed E-state index contributed by atoms with van der Waals surface area (Å²) in [4.78, 5) is 33.1. The first-order valence-electron chi connectivity index (χ1n) is 8.80. The Balaban J connectivity index is 1.53. The van der Waals surface area contributed by atoms with E-state index in [2.05, 4.69) is 9.97 Å². The molecule has 6 nitrogen and oxygen atoms in total. The van der Waals surface area contributed by atoms with Gasteiger partial charge < -0.3 is 14.6 Å². The molecule has 0 aliphatic carbocycles. The number of fused-ring (bicyclic) bond motifs is 1. The second-order valence-electron chi connectivity index (χ2n) is 6.70. The number of aromatic amines is 1. The van der Waals surface area contributed by atoms with Crippen LogP contribution in [0.25, 0.3) is 0 Å². The average Bonchev–Trinajstić information content (AvgIpc) is 2.67. The molecule has 6 heteroatoms. The maximum atomic E-state index is 12.9. The molecule has 1 aromatic heterocycles. The highest BCUT2D eigenvalue weighted by Crippen LogP contribution is 2.28. The number of aryl methyl sites for hydroxylation is 1. The number of aromatic nitrogens is 2. The quantitative estimate of drug-likeness (QED) is 0.909. The van der Waals surface area contributed by atoms with Crippen molar-refractivity contribution >= 4 is 5.91 Å². The van der Waals surface area contributed by atoms with Gasteiger partial charge in [-0.25, -0.2) is 4.98 Å². The molecule has 0 saturated carbocycles. The fourth-order valence-corrected chi connectivity index (χ4v) is 3.69. The van der Waals surface area contributed by atoms with E-state index in [0.717, 1.165) is 55.8 Å². The van der Waals surface area contributed by atoms with Gasteiger partial charge in [0.1, 0.15) is 5.75 Å². The number of carbonyl (C=O) groups excluding carboxylic acids is 1. The topological polar surface area (TPSA) is 75.3 Å². The van der Waals surface area contributed by atoms with E-state index in [9.17, 15) is 9.59 Å². The number of ether oxygens (including phenoxy) is 1. The standard InChI is InChI=1S/C19H21N3O3/c23-18-10-16(20-12-21-18)15-3-1-7-22(11-15)19(24)14-5-6-17-13(9-14)4-2-8-25-17/h5-6,9-10,12,15H,1-4,7-8,11H2,(H,20,21,23)/t15-/m0/s1. The molecule has 1 aromatic carbocycles. The molecule has 1 fully saturated rings. The number of nitrogens with one attached hydrogen (secondary N) is 1. The minimum atomic E-state index is -0.150. The number of nitrogens with zero attached hydrogens (tertiary/aromatic N) is 2. The highest BCUT2D eigenvalue weighted by Gasteiger charge is 2.27. The van der Waals surface area contributed by atoms with Gasteiger partial charge >= 0.3 is 0 Å². The SMILES string of the molecule is O=C(c1ccc2c(c1)CCCO2)N1CCC[C@H](c2cc(=O)[nH]cn2)C1. The highest BCUT2D eigenvalue weighted by molar-refractivity contribution is 5.94. The van der Waals surface area contributed by atoms with Crippen molar-refractivity contribution in [1.82, 2.24) is 14.9 Å². The highest BCUT2D eigenvalue weighted by atomic mass is 16.5. The van der Waals surface area contributed by atoms with E-state index in [-0.39, 0.29) is 17.4 Å². The lowest BCUT2D eigenvalue weighted by molar-refractivity contribution is 0.0705. The van der Waals surface area contributed by atoms with Crippen molar-refractivity contribution in [3.8, 4) is 5.75 Å². The van der Waals surface area contributed by atoms with Crippen LogP contribution in [0.4, 0.5) is 0 Å². The predicted molar refractivity (Wildman–Crippen MR) is 93.0 cm³/mol. The Bertz CT molecular complexity index is 846. The largest absolute Gasteiger partial charge is 0.493 e. The number of hydrogen-bond acceptors (Lipinski definition) is 4. The molecule has 2 aliphatic heterocycles. The van der Waals surface area contributed by atoms with Crippen LogP contribution in [-0.2, 0) is 6.42 Å². The summed E-state index contributed by atoms with van der Waals surface area (Å²) in [5.41, 5.74) is 2.44. The van der Waals surface area contributed by atoms with E-state index in [1.165, 1.54) is 12.4 Å². The Hall–Kier alpha value is -2.63. The molecule has 2 aliphatic rings. The van der Waals surface area contributed by atoms with E-state index in [4.69, 9.17) is 4.74 Å². The Morgan fingerprint density at radius 3 is 3.08 bits per heavy atom. The van der Waals surface area contributed by atoms with Crippen LogP contribution in [0.2, 0.25) is 0 Å². The van der Waals surface area contributed by atoms with Gasteiger partial charge in [0, 0.05) is 30.6 Å². The number of piperidine rings is 1. The van der Waals surface area contributed by atoms with E-state index in [0.29, 0.717) is 12.1 Å². The van der Waals surface area contributed by atoms with Crippen molar-refractivity contribution in [3.05, 3.63) is 57.8 Å². The minimum Gasteiger partial charge on any atom is -0.493 e. The molecule has 0 spiro atoms. The van der Waals surface area contributed by atoms with Crippen LogP contribution < -0.4 is 10.3 Å². The average molecular weight is 339 g/mol. The van der Waals surface area contributed by atoms with Crippen LogP contribution >= 0.6 is 0 Å². The molecular formula is C19H21N3O3. The molecule has 1 atom stereocenters. The lowest BCUT2D eigenvalue weighted by Gasteiger charge is -2.32. The molecular weight excluding hydrogens is 318 g/mol. The van der Waals surface area contributed by atoms with Crippen molar-refractivity contribution in [3.63, 3.8) is 0 Å². The second-order valence-corrected chi connectivity index (χ2v) is 6.70. The van der Waals surface area contributed by atoms with Gasteiger partial charge in [0.15, 0.2) is 0 Å². The third-order valence-electron chi connectivity index (χ3n) is 4.98. The van der Waals surface area contributed by atoms with E-state index >= 15 is 0 Å². The fraction of sp³-hybridized carbons (Fsp3) is 0.421. The molecule has 1 amide bonds. The number of carbonyl (C=O) groups is 1. The summed E-state index contributed by atoms with van der Waals surface area (Å²) in [6.07, 6.45) is 5.24. The minimum absolute atomic E-state index is 0.0444. The number of benzene rings is 1. The van der Waals surface area contributed by atoms with E-state index in [1.807, 2.05) is 23.1 Å². The summed E-state index contributed by atoms with van der Waals surface area (Å²) < 4.78 is 5.62. The zero-order chi connectivity index (χ0) is 17.2. The molecule has 130 valence electrons. The molecule has 1 saturated heterocycles. The Labute approximate surface area is 145 Å². The van der Waals surface area contributed by atoms with Crippen LogP contribution in [0.5, 0.6) is 5.75 Å². The molecule has 0 unspecified atom stereocenters. The summed E-state index contributed by atoms with van der Waals surface area (Å²) in [5.74, 6) is 1.05. The molecule has 4 rings (SSSR count). The first kappa shape index (κ1) is 15.9. The zero-order valence-corrected chi connectivity index (χ0v) is 14.0. The zero-order valence-electron chi connectivity index (χ0n) is 14.0. The molecule has 1 N–H and O–H groups in total. The van der Waals surface area contributed by atoms with Gasteiger partial charge in [0.2, 0.25) is 0 Å². The van der Waals surface area contributed by atoms with Crippen LogP contribution in [-0.4, -0.2) is 40.5 Å². The van der Waals surface area contributed by atoms with Crippen molar-refractivity contribution in [2.45, 2.75) is 31.6 Å². The Morgan fingerprint density at radius 2 is 2.20 bits per heavy atom. The van der Waals surface area contributed by atoms with Gasteiger partial charge in [0.25, 0.3) is 11.5 Å². The summed E-state index contributed by atoms with van der Waals surface area (Å²) in [7, 11) is 0. The fourth-order valence-electron chi connectivity index (χ4n) is 3.69. The van der Waals surface area contributed by atoms with Crippen molar-refractivity contribution in [2.75, 3.05) is 19.7 Å². The Morgan fingerprint density at radius 1 is 1.28 bits per heavy atom. The summed E-state index contributed by atoms with van der Waals surface area (Å²) >= 11 is 0. The molecule has 2 aromatic rings. The molecule has 0 radical (unpaired) electrons. The maximum Gasteiger partial charge on any atom is 0.253 e. The van der Waals surface area contributed by atoms with Crippen molar-refractivity contribution < 1.29 is 9.53 Å². The monoisotopic (exact) mass is 339 g/mol. The predicted octanol–water partition coefficient (Wildman–Crippen LogP) is 2.11. The number of rotatable bonds is 2. The lowest BCUT2D eigenvalue weighted by Crippen LogP contribution is -2.39. The van der Waals surface area contributed by atoms with Gasteiger partial charge in [-0.05, 0) is 49.4 Å². The van der Waals surface area contributed by atoms with Gasteiger partial charge in [-0.2, -0.15) is 0 Å². The number of hydrogen-bond donors (Lipinski definition) is 1. The van der Waals surface area contributed by atoms with E-state index in [1.54, 1.807) is 0 Å². The number of amides is 1. The third-order valence-corrected chi connectivity index (χ3v) is 4.98. The number of likely N-dealkylation sites (tertiary alicyclic amines) is 1. The Kier molecular flexibility index (Phi) is 4.26. The van der Waals surface area contributed by atoms with Crippen LogP contribution in [0.15, 0.2) is 35.4 Å². The van der Waals surface area contributed by atoms with Crippen molar-refractivity contribution in [2.24, 2.45) is 0 Å². The summed E-state index contributed by atoms with van der Waals surface area (Å²) in [6.45, 7) is 2.09. The molecule has 25 heavy (non-hydrogen) atoms. The number of H-pyrrole nitrogens is 1. The maximum absolute atomic E-state index is 12.9. The molecule has 3 heterocycles. The lowest BCUT2D eigenvalue weighted by atomic mass is 9.93. The van der Waals surface area contributed by atoms with Gasteiger partial charge in [-0.3, -0.25) is 9.59 Å². The normalized spacial score (nSPS) is 19.8. The first-order valence-corrected chi connectivity index (χ1v) is 8.80. The van der Waals surface area contributed by atoms with Gasteiger partial charge in [-0.1, -0.05) is 0 Å². The second kappa shape index (κ2) is 6.70.